The van der Waals surface area contributed by atoms with Gasteiger partial charge in [0.05, 0.1) is 24.8 Å². The second-order valence-corrected chi connectivity index (χ2v) is 7.68. The number of aromatic nitrogens is 3. The molecule has 4 heterocycles. The molecule has 1 fully saturated rings. The smallest absolute Gasteiger partial charge is 0.259 e. The molecule has 2 aromatic rings. The molecule has 1 saturated heterocycles. The van der Waals surface area contributed by atoms with Crippen molar-refractivity contribution < 1.29 is 18.3 Å². The van der Waals surface area contributed by atoms with Gasteiger partial charge in [0, 0.05) is 18.2 Å². The maximum absolute atomic E-state index is 14.5. The quantitative estimate of drug-likeness (QED) is 0.716. The number of ether oxygens (including phenoxy) is 1. The summed E-state index contributed by atoms with van der Waals surface area (Å²) in [6.45, 7) is 7.14. The molecular weight excluding hydrogens is 408 g/mol. The van der Waals surface area contributed by atoms with E-state index in [1.807, 2.05) is 0 Å². The summed E-state index contributed by atoms with van der Waals surface area (Å²) in [6.07, 6.45) is 1.63. The number of anilines is 2. The van der Waals surface area contributed by atoms with Gasteiger partial charge in [-0.05, 0) is 19.9 Å². The molecule has 4 rings (SSSR count). The van der Waals surface area contributed by atoms with E-state index in [4.69, 9.17) is 10.5 Å². The number of carbonyl (C=O) groups is 1. The normalized spacial score (nSPS) is 26.3. The van der Waals surface area contributed by atoms with Gasteiger partial charge in [-0.25, -0.2) is 23.3 Å². The van der Waals surface area contributed by atoms with E-state index >= 15 is 0 Å². The van der Waals surface area contributed by atoms with Gasteiger partial charge in [-0.1, -0.05) is 6.58 Å². The second-order valence-electron chi connectivity index (χ2n) is 7.68. The molecule has 0 aliphatic carbocycles. The maximum atomic E-state index is 14.5. The number of nitrogens with zero attached hydrogens (tertiary/aromatic N) is 5. The van der Waals surface area contributed by atoms with E-state index in [0.29, 0.717) is 11.4 Å². The van der Waals surface area contributed by atoms with Crippen LogP contribution < -0.4 is 16.0 Å². The van der Waals surface area contributed by atoms with Crippen LogP contribution in [0, 0.1) is 0 Å². The van der Waals surface area contributed by atoms with Crippen LogP contribution in [0.2, 0.25) is 0 Å². The average molecular weight is 431 g/mol. The van der Waals surface area contributed by atoms with Gasteiger partial charge in [-0.3, -0.25) is 4.79 Å². The van der Waals surface area contributed by atoms with E-state index in [0.717, 1.165) is 6.20 Å². The largest absolute Gasteiger partial charge is 0.475 e. The molecule has 31 heavy (non-hydrogen) atoms. The van der Waals surface area contributed by atoms with Crippen molar-refractivity contribution in [2.75, 3.05) is 23.8 Å². The number of nitrogens with one attached hydrogen (secondary N) is 1. The fourth-order valence-electron chi connectivity index (χ4n) is 3.73. The molecule has 3 atom stereocenters. The molecule has 0 radical (unpaired) electrons. The number of carbonyl (C=O) groups excluding carboxylic acids is 1. The fourth-order valence-corrected chi connectivity index (χ4v) is 3.73. The van der Waals surface area contributed by atoms with Crippen molar-refractivity contribution in [3.05, 3.63) is 42.0 Å². The molecule has 2 aliphatic rings. The third kappa shape index (κ3) is 3.94. The molecule has 2 bridgehead atoms. The van der Waals surface area contributed by atoms with Crippen LogP contribution in [0.1, 0.15) is 30.6 Å². The first-order valence-corrected chi connectivity index (χ1v) is 9.83. The second kappa shape index (κ2) is 7.97. The standard InChI is InChI=1S/C20H23F2N7O2/c1-10(21)7-24-20-12(3)14-6-13(22)8-28(14)15-4-5-29-18(26-15)16(17(23)27-29)19(30)25-11(2)9-31-20/h4-5,7,11,13-14H,3,6,8-9H2,1-2H3,(H2,23,27)(H,25,30)/b10-7+,24-20+/t11-,13+,14-/m1/s1. The van der Waals surface area contributed by atoms with Crippen LogP contribution in [0.3, 0.4) is 0 Å². The number of hydrogen-bond acceptors (Lipinski definition) is 7. The van der Waals surface area contributed by atoms with E-state index < -0.39 is 30.0 Å². The molecule has 11 heteroatoms. The molecule has 3 N–H and O–H groups in total. The summed E-state index contributed by atoms with van der Waals surface area (Å²) in [6, 6.07) is 0.693. The van der Waals surface area contributed by atoms with Gasteiger partial charge in [-0.2, -0.15) is 0 Å². The number of alkyl halides is 1. The number of nitrogen functional groups attached to an aromatic ring is 1. The number of rotatable bonds is 1. The zero-order chi connectivity index (χ0) is 22.3. The highest BCUT2D eigenvalue weighted by atomic mass is 19.1. The van der Waals surface area contributed by atoms with Gasteiger partial charge in [0.2, 0.25) is 5.90 Å². The van der Waals surface area contributed by atoms with E-state index in [1.54, 1.807) is 24.1 Å². The van der Waals surface area contributed by atoms with Crippen LogP contribution in [-0.4, -0.2) is 57.8 Å². The van der Waals surface area contributed by atoms with E-state index in [9.17, 15) is 13.6 Å². The molecule has 9 nitrogen and oxygen atoms in total. The Bertz CT molecular complexity index is 1110. The fraction of sp³-hybridized carbons (Fsp3) is 0.400. The molecule has 164 valence electrons. The molecule has 0 unspecified atom stereocenters. The zero-order valence-corrected chi connectivity index (χ0v) is 17.2. The predicted molar refractivity (Wildman–Crippen MR) is 112 cm³/mol. The number of fused-ring (bicyclic) bond motifs is 3. The number of allylic oxidation sites excluding steroid dienone is 1. The predicted octanol–water partition coefficient (Wildman–Crippen LogP) is 2.16. The van der Waals surface area contributed by atoms with Gasteiger partial charge >= 0.3 is 0 Å². The van der Waals surface area contributed by atoms with Crippen LogP contribution in [0.4, 0.5) is 20.4 Å². The van der Waals surface area contributed by atoms with Gasteiger partial charge in [0.15, 0.2) is 11.5 Å². The van der Waals surface area contributed by atoms with Crippen molar-refractivity contribution in [3.63, 3.8) is 0 Å². The highest BCUT2D eigenvalue weighted by Crippen LogP contribution is 2.31. The summed E-state index contributed by atoms with van der Waals surface area (Å²) in [5, 5.41) is 6.93. The molecule has 2 aliphatic heterocycles. The SMILES string of the molecule is C=C1/C(=N\C=C(/C)F)OC[C@@H](C)NC(=O)c2c(N)nn3ccc(nc23)N2C[C@@H](F)C[C@H]12. The molecule has 2 aromatic heterocycles. The van der Waals surface area contributed by atoms with Crippen LogP contribution in [0.15, 0.2) is 41.4 Å². The van der Waals surface area contributed by atoms with Crippen LogP contribution in [-0.2, 0) is 4.74 Å². The maximum Gasteiger partial charge on any atom is 0.259 e. The Hall–Kier alpha value is -3.50. The summed E-state index contributed by atoms with van der Waals surface area (Å²) in [5.41, 5.74) is 6.75. The summed E-state index contributed by atoms with van der Waals surface area (Å²) in [7, 11) is 0. The highest BCUT2D eigenvalue weighted by Gasteiger charge is 2.37. The summed E-state index contributed by atoms with van der Waals surface area (Å²) >= 11 is 0. The molecule has 0 saturated carbocycles. The van der Waals surface area contributed by atoms with E-state index in [2.05, 4.69) is 27.0 Å². The average Bonchev–Trinajstić information content (AvgIpc) is 3.25. The number of amides is 1. The summed E-state index contributed by atoms with van der Waals surface area (Å²) < 4.78 is 35.0. The lowest BCUT2D eigenvalue weighted by molar-refractivity contribution is 0.0927. The van der Waals surface area contributed by atoms with Gasteiger partial charge in [0.25, 0.3) is 5.91 Å². The molecule has 1 amide bonds. The highest BCUT2D eigenvalue weighted by molar-refractivity contribution is 6.04. The third-order valence-corrected chi connectivity index (χ3v) is 5.15. The van der Waals surface area contributed by atoms with Crippen molar-refractivity contribution in [1.82, 2.24) is 19.9 Å². The zero-order valence-electron chi connectivity index (χ0n) is 17.2. The number of aliphatic imine (C=N–C) groups is 1. The lowest BCUT2D eigenvalue weighted by Crippen LogP contribution is -2.38. The lowest BCUT2D eigenvalue weighted by atomic mass is 10.1. The number of nitrogens with two attached hydrogens (primary N) is 1. The van der Waals surface area contributed by atoms with Crippen molar-refractivity contribution in [2.45, 2.75) is 38.5 Å². The first-order chi connectivity index (χ1) is 14.7. The minimum Gasteiger partial charge on any atom is -0.475 e. The minimum absolute atomic E-state index is 0.0294. The number of halogens is 2. The molecule has 0 spiro atoms. The van der Waals surface area contributed by atoms with Gasteiger partial charge < -0.3 is 20.7 Å². The topological polar surface area (TPSA) is 110 Å². The van der Waals surface area contributed by atoms with Crippen molar-refractivity contribution in [2.24, 2.45) is 4.99 Å². The van der Waals surface area contributed by atoms with Crippen molar-refractivity contribution in [1.29, 1.82) is 0 Å². The Morgan fingerprint density at radius 3 is 3.03 bits per heavy atom. The monoisotopic (exact) mass is 431 g/mol. The van der Waals surface area contributed by atoms with Crippen molar-refractivity contribution in [3.8, 4) is 0 Å². The number of hydrogen-bond donors (Lipinski definition) is 2. The summed E-state index contributed by atoms with van der Waals surface area (Å²) in [5.74, 6) is -0.455. The lowest BCUT2D eigenvalue weighted by Gasteiger charge is -2.27. The van der Waals surface area contributed by atoms with E-state index in [1.165, 1.54) is 11.4 Å². The van der Waals surface area contributed by atoms with Gasteiger partial charge in [0.1, 0.15) is 30.0 Å². The van der Waals surface area contributed by atoms with Crippen molar-refractivity contribution >= 4 is 29.1 Å². The van der Waals surface area contributed by atoms with Crippen LogP contribution >= 0.6 is 0 Å². The van der Waals surface area contributed by atoms with Gasteiger partial charge in [-0.15, -0.1) is 5.10 Å². The first-order valence-electron chi connectivity index (χ1n) is 9.83. The summed E-state index contributed by atoms with van der Waals surface area (Å²) in [4.78, 5) is 23.2. The van der Waals surface area contributed by atoms with Crippen LogP contribution in [0.5, 0.6) is 0 Å². The Morgan fingerprint density at radius 2 is 2.29 bits per heavy atom. The Morgan fingerprint density at radius 1 is 1.52 bits per heavy atom. The molecule has 0 aromatic carbocycles. The Balaban J connectivity index is 1.85. The van der Waals surface area contributed by atoms with E-state index in [-0.39, 0.29) is 42.5 Å². The van der Waals surface area contributed by atoms with Crippen LogP contribution in [0.25, 0.3) is 5.65 Å². The first kappa shape index (κ1) is 20.8. The minimum atomic E-state index is -1.14. The Labute approximate surface area is 177 Å². The third-order valence-electron chi connectivity index (χ3n) is 5.15. The Kier molecular flexibility index (Phi) is 5.34. The molecular formula is C20H23F2N7O2.